The first-order chi connectivity index (χ1) is 16.3. The maximum absolute atomic E-state index is 13.6. The van der Waals surface area contributed by atoms with Crippen molar-refractivity contribution in [3.05, 3.63) is 99.8 Å². The summed E-state index contributed by atoms with van der Waals surface area (Å²) in [5, 5.41) is 3.66. The summed E-state index contributed by atoms with van der Waals surface area (Å²) >= 11 is 1.32. The van der Waals surface area contributed by atoms with Gasteiger partial charge < -0.3 is 5.32 Å². The molecule has 5 nitrogen and oxygen atoms in total. The van der Waals surface area contributed by atoms with E-state index in [2.05, 4.69) is 19.2 Å². The number of fused-ring (bicyclic) bond motifs is 1. The van der Waals surface area contributed by atoms with Crippen LogP contribution in [0.5, 0.6) is 0 Å². The number of benzene rings is 3. The topological polar surface area (TPSA) is 64.0 Å². The quantitative estimate of drug-likeness (QED) is 0.260. The van der Waals surface area contributed by atoms with Gasteiger partial charge in [-0.2, -0.15) is 0 Å². The molecule has 174 valence electrons. The SMILES string of the molecule is Cc1ccc(C)c(NC(=O)[C@@H](Sc2nc3ccccc3c(=O)n2CC(C)C)c2ccccc2)c1. The molecule has 1 atom stereocenters. The normalized spacial score (nSPS) is 12.1. The molecular weight excluding hydrogens is 442 g/mol. The van der Waals surface area contributed by atoms with Gasteiger partial charge in [0.05, 0.1) is 10.9 Å². The number of thioether (sulfide) groups is 1. The van der Waals surface area contributed by atoms with Crippen molar-refractivity contribution in [1.29, 1.82) is 0 Å². The van der Waals surface area contributed by atoms with Crippen LogP contribution in [0.4, 0.5) is 5.69 Å². The largest absolute Gasteiger partial charge is 0.325 e. The van der Waals surface area contributed by atoms with Gasteiger partial charge in [-0.05, 0) is 54.7 Å². The van der Waals surface area contributed by atoms with E-state index in [1.165, 1.54) is 11.8 Å². The molecule has 0 aliphatic rings. The van der Waals surface area contributed by atoms with E-state index in [4.69, 9.17) is 4.98 Å². The first kappa shape index (κ1) is 23.8. The molecule has 0 fully saturated rings. The van der Waals surface area contributed by atoms with Crippen LogP contribution in [0.25, 0.3) is 10.9 Å². The Labute approximate surface area is 204 Å². The van der Waals surface area contributed by atoms with Crippen LogP contribution in [-0.2, 0) is 11.3 Å². The van der Waals surface area contributed by atoms with Gasteiger partial charge in [0.15, 0.2) is 5.16 Å². The Bertz CT molecular complexity index is 1380. The molecule has 1 amide bonds. The third-order valence-corrected chi connectivity index (χ3v) is 6.83. The van der Waals surface area contributed by atoms with E-state index < -0.39 is 5.25 Å². The highest BCUT2D eigenvalue weighted by atomic mass is 32.2. The highest BCUT2D eigenvalue weighted by molar-refractivity contribution is 8.00. The average molecular weight is 472 g/mol. The molecule has 6 heteroatoms. The van der Waals surface area contributed by atoms with Gasteiger partial charge in [0.25, 0.3) is 5.56 Å². The van der Waals surface area contributed by atoms with Crippen LogP contribution < -0.4 is 10.9 Å². The Morgan fingerprint density at radius 2 is 1.71 bits per heavy atom. The zero-order chi connectivity index (χ0) is 24.2. The van der Waals surface area contributed by atoms with Gasteiger partial charge in [-0.1, -0.05) is 80.2 Å². The number of amides is 1. The predicted octanol–water partition coefficient (Wildman–Crippen LogP) is 6.14. The second kappa shape index (κ2) is 10.3. The smallest absolute Gasteiger partial charge is 0.262 e. The van der Waals surface area contributed by atoms with Crippen LogP contribution in [0.2, 0.25) is 0 Å². The number of carbonyl (C=O) groups is 1. The summed E-state index contributed by atoms with van der Waals surface area (Å²) in [6.45, 7) is 8.64. The summed E-state index contributed by atoms with van der Waals surface area (Å²) in [6, 6.07) is 23.0. The van der Waals surface area contributed by atoms with E-state index in [9.17, 15) is 9.59 Å². The van der Waals surface area contributed by atoms with Crippen LogP contribution in [-0.4, -0.2) is 15.5 Å². The number of hydrogen-bond donors (Lipinski definition) is 1. The molecule has 4 rings (SSSR count). The molecule has 1 heterocycles. The summed E-state index contributed by atoms with van der Waals surface area (Å²) < 4.78 is 1.71. The molecule has 0 aliphatic carbocycles. The molecule has 0 bridgehead atoms. The molecule has 0 radical (unpaired) electrons. The van der Waals surface area contributed by atoms with Gasteiger partial charge in [-0.25, -0.2) is 4.98 Å². The summed E-state index contributed by atoms with van der Waals surface area (Å²) in [7, 11) is 0. The van der Waals surface area contributed by atoms with Crippen molar-refractivity contribution in [3.8, 4) is 0 Å². The maximum atomic E-state index is 13.6. The number of carbonyl (C=O) groups excluding carboxylic acids is 1. The fourth-order valence-corrected chi connectivity index (χ4v) is 4.94. The summed E-state index contributed by atoms with van der Waals surface area (Å²) in [4.78, 5) is 31.8. The molecule has 0 saturated heterocycles. The predicted molar refractivity (Wildman–Crippen MR) is 140 cm³/mol. The molecule has 0 aliphatic heterocycles. The molecule has 0 spiro atoms. The number of nitrogens with zero attached hydrogens (tertiary/aromatic N) is 2. The van der Waals surface area contributed by atoms with E-state index in [-0.39, 0.29) is 17.4 Å². The second-order valence-corrected chi connectivity index (χ2v) is 10.0. The van der Waals surface area contributed by atoms with Crippen molar-refractivity contribution in [2.24, 2.45) is 5.92 Å². The van der Waals surface area contributed by atoms with Crippen molar-refractivity contribution in [2.45, 2.75) is 44.6 Å². The van der Waals surface area contributed by atoms with Gasteiger partial charge in [0, 0.05) is 12.2 Å². The van der Waals surface area contributed by atoms with E-state index in [1.54, 1.807) is 10.6 Å². The summed E-state index contributed by atoms with van der Waals surface area (Å²) in [5.74, 6) is 0.0994. The Kier molecular flexibility index (Phi) is 7.17. The fraction of sp³-hybridized carbons (Fsp3) is 0.250. The van der Waals surface area contributed by atoms with Gasteiger partial charge in [0.1, 0.15) is 5.25 Å². The lowest BCUT2D eigenvalue weighted by Gasteiger charge is -2.21. The van der Waals surface area contributed by atoms with Crippen LogP contribution in [0.1, 0.15) is 35.8 Å². The monoisotopic (exact) mass is 471 g/mol. The molecule has 1 N–H and O–H groups in total. The number of nitrogens with one attached hydrogen (secondary N) is 1. The van der Waals surface area contributed by atoms with Crippen molar-refractivity contribution >= 4 is 34.3 Å². The van der Waals surface area contributed by atoms with Crippen LogP contribution >= 0.6 is 11.8 Å². The number of aromatic nitrogens is 2. The number of para-hydroxylation sites is 1. The minimum Gasteiger partial charge on any atom is -0.325 e. The lowest BCUT2D eigenvalue weighted by atomic mass is 10.1. The van der Waals surface area contributed by atoms with Crippen LogP contribution in [0, 0.1) is 19.8 Å². The first-order valence-electron chi connectivity index (χ1n) is 11.4. The number of anilines is 1. The lowest BCUT2D eigenvalue weighted by Crippen LogP contribution is -2.27. The van der Waals surface area contributed by atoms with Crippen LogP contribution in [0.15, 0.2) is 82.7 Å². The second-order valence-electron chi connectivity index (χ2n) is 8.94. The highest BCUT2D eigenvalue weighted by Crippen LogP contribution is 2.36. The van der Waals surface area contributed by atoms with E-state index in [1.807, 2.05) is 80.6 Å². The zero-order valence-corrected chi connectivity index (χ0v) is 20.7. The Hall–Kier alpha value is -3.38. The first-order valence-corrected chi connectivity index (χ1v) is 12.3. The molecule has 0 unspecified atom stereocenters. The standard InChI is InChI=1S/C28H29N3O2S/c1-18(2)17-31-27(33)22-12-8-9-13-23(22)30-28(31)34-25(21-10-6-5-7-11-21)26(32)29-24-16-19(3)14-15-20(24)4/h5-16,18,25H,17H2,1-4H3,(H,29,32)/t25-/m0/s1. The third kappa shape index (κ3) is 5.23. The molecule has 1 aromatic heterocycles. The van der Waals surface area contributed by atoms with E-state index >= 15 is 0 Å². The highest BCUT2D eigenvalue weighted by Gasteiger charge is 2.26. The van der Waals surface area contributed by atoms with Gasteiger partial charge in [0.2, 0.25) is 5.91 Å². The van der Waals surface area contributed by atoms with E-state index in [0.29, 0.717) is 22.6 Å². The van der Waals surface area contributed by atoms with Crippen molar-refractivity contribution in [2.75, 3.05) is 5.32 Å². The number of aryl methyl sites for hydroxylation is 2. The number of hydrogen-bond acceptors (Lipinski definition) is 4. The van der Waals surface area contributed by atoms with Crippen molar-refractivity contribution < 1.29 is 4.79 Å². The zero-order valence-electron chi connectivity index (χ0n) is 19.9. The molecule has 34 heavy (non-hydrogen) atoms. The third-order valence-electron chi connectivity index (χ3n) is 5.59. The fourth-order valence-electron chi connectivity index (χ4n) is 3.84. The van der Waals surface area contributed by atoms with Gasteiger partial charge >= 0.3 is 0 Å². The molecule has 3 aromatic carbocycles. The Morgan fingerprint density at radius 3 is 2.44 bits per heavy atom. The van der Waals surface area contributed by atoms with Crippen molar-refractivity contribution in [3.63, 3.8) is 0 Å². The van der Waals surface area contributed by atoms with Gasteiger partial charge in [-0.15, -0.1) is 0 Å². The maximum Gasteiger partial charge on any atom is 0.262 e. The minimum atomic E-state index is -0.576. The summed E-state index contributed by atoms with van der Waals surface area (Å²) in [5.41, 5.74) is 4.27. The average Bonchev–Trinajstić information content (AvgIpc) is 2.82. The van der Waals surface area contributed by atoms with Crippen molar-refractivity contribution in [1.82, 2.24) is 9.55 Å². The van der Waals surface area contributed by atoms with E-state index in [0.717, 1.165) is 22.4 Å². The minimum absolute atomic E-state index is 0.0800. The Morgan fingerprint density at radius 1 is 1.00 bits per heavy atom. The summed E-state index contributed by atoms with van der Waals surface area (Å²) in [6.07, 6.45) is 0. The Balaban J connectivity index is 1.78. The molecule has 4 aromatic rings. The molecule has 0 saturated carbocycles. The lowest BCUT2D eigenvalue weighted by molar-refractivity contribution is -0.115. The van der Waals surface area contributed by atoms with Crippen LogP contribution in [0.3, 0.4) is 0 Å². The number of rotatable bonds is 7. The van der Waals surface area contributed by atoms with Gasteiger partial charge in [-0.3, -0.25) is 14.2 Å². The molecular formula is C28H29N3O2S.